The van der Waals surface area contributed by atoms with Crippen LogP contribution in [0, 0.1) is 0 Å². The van der Waals surface area contributed by atoms with Crippen LogP contribution in [-0.4, -0.2) is 25.1 Å². The second kappa shape index (κ2) is 6.00. The van der Waals surface area contributed by atoms with Gasteiger partial charge in [-0.3, -0.25) is 4.55 Å². The van der Waals surface area contributed by atoms with Crippen LogP contribution >= 0.6 is 0 Å². The van der Waals surface area contributed by atoms with E-state index >= 15 is 0 Å². The Morgan fingerprint density at radius 1 is 1.29 bits per heavy atom. The second-order valence-corrected chi connectivity index (χ2v) is 5.03. The molecule has 0 unspecified atom stereocenters. The van der Waals surface area contributed by atoms with Crippen LogP contribution in [0.25, 0.3) is 0 Å². The Bertz CT molecular complexity index is 432. The number of nitrogens with one attached hydrogen (secondary N) is 1. The van der Waals surface area contributed by atoms with E-state index in [0.717, 1.165) is 5.69 Å². The van der Waals surface area contributed by atoms with Gasteiger partial charge < -0.3 is 5.32 Å². The van der Waals surface area contributed by atoms with Gasteiger partial charge >= 0.3 is 10.4 Å². The summed E-state index contributed by atoms with van der Waals surface area (Å²) in [5, 5.41) is 3.20. The summed E-state index contributed by atoms with van der Waals surface area (Å²) in [4.78, 5) is 0. The van der Waals surface area contributed by atoms with Crippen LogP contribution in [0.2, 0.25) is 0 Å². The first-order valence-electron chi connectivity index (χ1n) is 5.34. The summed E-state index contributed by atoms with van der Waals surface area (Å²) in [6.07, 6.45) is -0.106. The minimum Gasteiger partial charge on any atom is -0.382 e. The van der Waals surface area contributed by atoms with E-state index in [1.165, 1.54) is 0 Å². The minimum absolute atomic E-state index is 0.0363. The monoisotopic (exact) mass is 259 g/mol. The van der Waals surface area contributed by atoms with Crippen molar-refractivity contribution in [2.75, 3.05) is 5.32 Å². The van der Waals surface area contributed by atoms with E-state index < -0.39 is 16.5 Å². The summed E-state index contributed by atoms with van der Waals surface area (Å²) < 4.78 is 33.9. The van der Waals surface area contributed by atoms with Crippen molar-refractivity contribution in [2.24, 2.45) is 0 Å². The molecule has 1 aromatic rings. The van der Waals surface area contributed by atoms with Crippen molar-refractivity contribution in [1.29, 1.82) is 0 Å². The number of benzene rings is 1. The molecule has 0 amide bonds. The fourth-order valence-corrected chi connectivity index (χ4v) is 2.12. The van der Waals surface area contributed by atoms with Gasteiger partial charge in [0.2, 0.25) is 0 Å². The summed E-state index contributed by atoms with van der Waals surface area (Å²) >= 11 is 0. The Kier molecular flexibility index (Phi) is 4.92. The van der Waals surface area contributed by atoms with Crippen molar-refractivity contribution < 1.29 is 17.2 Å². The lowest BCUT2D eigenvalue weighted by Crippen LogP contribution is -2.24. The van der Waals surface area contributed by atoms with Gasteiger partial charge in [-0.05, 0) is 32.4 Å². The van der Waals surface area contributed by atoms with E-state index in [4.69, 9.17) is 4.55 Å². The summed E-state index contributed by atoms with van der Waals surface area (Å²) in [5.41, 5.74) is 0.957. The van der Waals surface area contributed by atoms with Gasteiger partial charge in [0, 0.05) is 11.7 Å². The normalized spacial score (nSPS) is 15.2. The fraction of sp³-hybridized carbons (Fsp3) is 0.455. The Balaban J connectivity index is 2.42. The Labute approximate surface area is 102 Å². The summed E-state index contributed by atoms with van der Waals surface area (Å²) in [7, 11) is -4.37. The molecular formula is C11H17NO4S. The highest BCUT2D eigenvalue weighted by Crippen LogP contribution is 2.12. The van der Waals surface area contributed by atoms with Gasteiger partial charge in [0.25, 0.3) is 0 Å². The van der Waals surface area contributed by atoms with E-state index in [-0.39, 0.29) is 6.04 Å². The molecule has 17 heavy (non-hydrogen) atoms. The van der Waals surface area contributed by atoms with E-state index in [2.05, 4.69) is 9.50 Å². The van der Waals surface area contributed by atoms with Crippen molar-refractivity contribution in [2.45, 2.75) is 32.4 Å². The molecule has 0 aliphatic heterocycles. The van der Waals surface area contributed by atoms with Crippen molar-refractivity contribution in [3.05, 3.63) is 30.3 Å². The number of rotatable bonds is 6. The van der Waals surface area contributed by atoms with Crippen molar-refractivity contribution in [3.8, 4) is 0 Å². The predicted octanol–water partition coefficient (Wildman–Crippen LogP) is 2.08. The molecule has 0 saturated carbocycles. The minimum atomic E-state index is -4.37. The predicted molar refractivity (Wildman–Crippen MR) is 66.2 cm³/mol. The first-order valence-corrected chi connectivity index (χ1v) is 6.70. The molecule has 2 atom stereocenters. The molecule has 0 bridgehead atoms. The van der Waals surface area contributed by atoms with E-state index in [1.807, 2.05) is 37.3 Å². The molecule has 0 radical (unpaired) electrons. The zero-order chi connectivity index (χ0) is 12.9. The first-order chi connectivity index (χ1) is 7.87. The molecule has 0 spiro atoms. The maximum Gasteiger partial charge on any atom is 0.397 e. The lowest BCUT2D eigenvalue weighted by molar-refractivity contribution is 0.185. The van der Waals surface area contributed by atoms with Gasteiger partial charge in [-0.1, -0.05) is 18.2 Å². The lowest BCUT2D eigenvalue weighted by atomic mass is 10.1. The number of anilines is 1. The third-order valence-corrected chi connectivity index (χ3v) is 2.73. The highest BCUT2D eigenvalue weighted by atomic mass is 32.3. The third kappa shape index (κ3) is 6.25. The average molecular weight is 259 g/mol. The molecule has 6 heteroatoms. The molecule has 1 aromatic carbocycles. The van der Waals surface area contributed by atoms with Crippen molar-refractivity contribution in [3.63, 3.8) is 0 Å². The van der Waals surface area contributed by atoms with E-state index in [9.17, 15) is 8.42 Å². The standard InChI is InChI=1S/C11H17NO4S/c1-9(8-10(2)16-17(13,14)15)12-11-6-4-3-5-7-11/h3-7,9-10,12H,8H2,1-2H3,(H,13,14,15)/t9-,10+/m0/s1. The first kappa shape index (κ1) is 14.0. The molecule has 0 heterocycles. The Morgan fingerprint density at radius 3 is 2.41 bits per heavy atom. The van der Waals surface area contributed by atoms with Crippen LogP contribution < -0.4 is 5.32 Å². The summed E-state index contributed by atoms with van der Waals surface area (Å²) in [6, 6.07) is 9.62. The number of hydrogen-bond acceptors (Lipinski definition) is 4. The Morgan fingerprint density at radius 2 is 1.88 bits per heavy atom. The van der Waals surface area contributed by atoms with Gasteiger partial charge in [-0.15, -0.1) is 0 Å². The highest BCUT2D eigenvalue weighted by molar-refractivity contribution is 7.80. The molecule has 0 aliphatic rings. The summed E-state index contributed by atoms with van der Waals surface area (Å²) in [5.74, 6) is 0. The van der Waals surface area contributed by atoms with Crippen LogP contribution in [0.1, 0.15) is 20.3 Å². The zero-order valence-electron chi connectivity index (χ0n) is 9.83. The van der Waals surface area contributed by atoms with E-state index in [1.54, 1.807) is 6.92 Å². The quantitative estimate of drug-likeness (QED) is 0.765. The SMILES string of the molecule is C[C@H](C[C@H](C)Nc1ccccc1)OS(=O)(=O)O. The van der Waals surface area contributed by atoms with Crippen LogP contribution in [0.15, 0.2) is 30.3 Å². The maximum absolute atomic E-state index is 10.5. The van der Waals surface area contributed by atoms with Crippen LogP contribution in [-0.2, 0) is 14.6 Å². The molecule has 96 valence electrons. The molecule has 0 fully saturated rings. The van der Waals surface area contributed by atoms with E-state index in [0.29, 0.717) is 6.42 Å². The van der Waals surface area contributed by atoms with Crippen molar-refractivity contribution >= 4 is 16.1 Å². The lowest BCUT2D eigenvalue weighted by Gasteiger charge is -2.18. The van der Waals surface area contributed by atoms with Crippen LogP contribution in [0.3, 0.4) is 0 Å². The third-order valence-electron chi connectivity index (χ3n) is 2.16. The molecule has 0 saturated heterocycles. The molecule has 0 aromatic heterocycles. The molecule has 5 nitrogen and oxygen atoms in total. The fourth-order valence-electron chi connectivity index (χ4n) is 1.62. The molecular weight excluding hydrogens is 242 g/mol. The zero-order valence-corrected chi connectivity index (χ0v) is 10.6. The van der Waals surface area contributed by atoms with Gasteiger partial charge in [-0.2, -0.15) is 8.42 Å². The van der Waals surface area contributed by atoms with Gasteiger partial charge in [0.1, 0.15) is 0 Å². The van der Waals surface area contributed by atoms with Gasteiger partial charge in [0.05, 0.1) is 6.10 Å². The van der Waals surface area contributed by atoms with Crippen LogP contribution in [0.5, 0.6) is 0 Å². The average Bonchev–Trinajstić information content (AvgIpc) is 2.15. The largest absolute Gasteiger partial charge is 0.397 e. The van der Waals surface area contributed by atoms with Crippen LogP contribution in [0.4, 0.5) is 5.69 Å². The van der Waals surface area contributed by atoms with Gasteiger partial charge in [0.15, 0.2) is 0 Å². The summed E-state index contributed by atoms with van der Waals surface area (Å²) in [6.45, 7) is 3.51. The topological polar surface area (TPSA) is 75.6 Å². The Hall–Kier alpha value is -1.11. The maximum atomic E-state index is 10.5. The highest BCUT2D eigenvalue weighted by Gasteiger charge is 2.15. The molecule has 1 rings (SSSR count). The molecule has 2 N–H and O–H groups in total. The number of para-hydroxylation sites is 1. The van der Waals surface area contributed by atoms with Crippen molar-refractivity contribution in [1.82, 2.24) is 0 Å². The second-order valence-electron chi connectivity index (χ2n) is 3.98. The number of hydrogen-bond donors (Lipinski definition) is 2. The molecule has 0 aliphatic carbocycles. The van der Waals surface area contributed by atoms with Gasteiger partial charge in [-0.25, -0.2) is 4.18 Å². The smallest absolute Gasteiger partial charge is 0.382 e.